The van der Waals surface area contributed by atoms with Crippen molar-refractivity contribution in [3.8, 4) is 0 Å². The summed E-state index contributed by atoms with van der Waals surface area (Å²) in [4.78, 5) is 23.7. The maximum absolute atomic E-state index is 12.6. The molecule has 1 saturated heterocycles. The van der Waals surface area contributed by atoms with Crippen molar-refractivity contribution in [1.82, 2.24) is 0 Å². The van der Waals surface area contributed by atoms with Crippen LogP contribution < -0.4 is 5.32 Å². The third kappa shape index (κ3) is 2.43. The predicted octanol–water partition coefficient (Wildman–Crippen LogP) is 1.99. The van der Waals surface area contributed by atoms with Gasteiger partial charge in [0.25, 0.3) is 0 Å². The van der Waals surface area contributed by atoms with Gasteiger partial charge in [-0.15, -0.1) is 0 Å². The molecule has 124 valence electrons. The predicted molar refractivity (Wildman–Crippen MR) is 85.2 cm³/mol. The van der Waals surface area contributed by atoms with Gasteiger partial charge in [-0.1, -0.05) is 12.5 Å². The van der Waals surface area contributed by atoms with Gasteiger partial charge in [0.2, 0.25) is 5.91 Å². The average molecular weight is 337 g/mol. The second kappa shape index (κ2) is 5.33. The fraction of sp³-hybridized carbons (Fsp3) is 0.500. The van der Waals surface area contributed by atoms with E-state index in [0.717, 1.165) is 6.42 Å². The van der Waals surface area contributed by atoms with Gasteiger partial charge in [-0.05, 0) is 43.9 Å². The van der Waals surface area contributed by atoms with Gasteiger partial charge in [0, 0.05) is 5.69 Å². The van der Waals surface area contributed by atoms with Gasteiger partial charge in [-0.3, -0.25) is 4.79 Å². The van der Waals surface area contributed by atoms with Crippen LogP contribution in [0.2, 0.25) is 0 Å². The van der Waals surface area contributed by atoms with E-state index in [0.29, 0.717) is 30.5 Å². The first-order chi connectivity index (χ1) is 10.8. The number of nitrogens with one attached hydrogen (secondary N) is 1. The number of rotatable bonds is 3. The van der Waals surface area contributed by atoms with Crippen LogP contribution in [0.5, 0.6) is 0 Å². The zero-order valence-electron chi connectivity index (χ0n) is 12.8. The van der Waals surface area contributed by atoms with Crippen molar-refractivity contribution in [3.63, 3.8) is 0 Å². The Labute approximate surface area is 134 Å². The van der Waals surface area contributed by atoms with Crippen molar-refractivity contribution in [2.45, 2.75) is 37.4 Å². The molecule has 1 spiro atoms. The Morgan fingerprint density at radius 2 is 2.00 bits per heavy atom. The molecule has 1 saturated carbocycles. The van der Waals surface area contributed by atoms with Crippen LogP contribution in [0, 0.1) is 12.8 Å². The maximum atomic E-state index is 12.6. The highest BCUT2D eigenvalue weighted by Gasteiger charge is 2.60. The number of carboxylic acid groups (broad SMARTS) is 1. The highest BCUT2D eigenvalue weighted by Crippen LogP contribution is 2.51. The third-order valence-electron chi connectivity index (χ3n) is 5.18. The van der Waals surface area contributed by atoms with Gasteiger partial charge in [-0.2, -0.15) is 0 Å². The quantitative estimate of drug-likeness (QED) is 0.878. The van der Waals surface area contributed by atoms with Gasteiger partial charge in [0.1, 0.15) is 0 Å². The van der Waals surface area contributed by atoms with Gasteiger partial charge in [0.15, 0.2) is 9.84 Å². The van der Waals surface area contributed by atoms with Gasteiger partial charge in [0.05, 0.1) is 22.0 Å². The number of sulfone groups is 1. The minimum atomic E-state index is -3.22. The molecule has 1 aliphatic carbocycles. The lowest BCUT2D eigenvalue weighted by molar-refractivity contribution is -0.121. The van der Waals surface area contributed by atoms with E-state index in [-0.39, 0.29) is 17.2 Å². The van der Waals surface area contributed by atoms with E-state index in [4.69, 9.17) is 5.11 Å². The van der Waals surface area contributed by atoms with Crippen LogP contribution in [0.25, 0.3) is 0 Å². The molecule has 0 aromatic heterocycles. The fourth-order valence-electron chi connectivity index (χ4n) is 3.67. The summed E-state index contributed by atoms with van der Waals surface area (Å²) in [5, 5.41) is 11.8. The Morgan fingerprint density at radius 3 is 2.57 bits per heavy atom. The zero-order chi connectivity index (χ0) is 16.8. The van der Waals surface area contributed by atoms with E-state index < -0.39 is 26.5 Å². The lowest BCUT2D eigenvalue weighted by Crippen LogP contribution is -2.50. The molecular weight excluding hydrogens is 318 g/mol. The molecule has 6 nitrogen and oxygen atoms in total. The molecule has 23 heavy (non-hydrogen) atoms. The molecule has 0 radical (unpaired) electrons. The van der Waals surface area contributed by atoms with Crippen LogP contribution in [0.4, 0.5) is 5.69 Å². The highest BCUT2D eigenvalue weighted by molar-refractivity contribution is 7.93. The summed E-state index contributed by atoms with van der Waals surface area (Å²) in [6, 6.07) is 4.67. The smallest absolute Gasteiger partial charge is 0.336 e. The first-order valence-electron chi connectivity index (χ1n) is 7.64. The lowest BCUT2D eigenvalue weighted by atomic mass is 9.73. The minimum absolute atomic E-state index is 0.0549. The normalized spacial score (nSPS) is 24.1. The number of amides is 1. The molecule has 1 heterocycles. The Kier molecular flexibility index (Phi) is 3.71. The molecule has 0 bridgehead atoms. The first-order valence-corrected chi connectivity index (χ1v) is 9.29. The lowest BCUT2D eigenvalue weighted by Gasteiger charge is -2.41. The molecule has 2 N–H and O–H groups in total. The molecule has 1 aliphatic heterocycles. The summed E-state index contributed by atoms with van der Waals surface area (Å²) >= 11 is 0. The van der Waals surface area contributed by atoms with Crippen molar-refractivity contribution in [1.29, 1.82) is 0 Å². The Balaban J connectivity index is 1.83. The number of aryl methyl sites for hydroxylation is 1. The molecule has 1 aromatic rings. The summed E-state index contributed by atoms with van der Waals surface area (Å²) in [5.74, 6) is -1.88. The van der Waals surface area contributed by atoms with Crippen molar-refractivity contribution < 1.29 is 23.1 Å². The molecule has 1 amide bonds. The monoisotopic (exact) mass is 337 g/mol. The molecule has 3 rings (SSSR count). The SMILES string of the molecule is Cc1ccc(NC(=O)C2CCS(=O)(=O)C23CCC3)cc1C(=O)O. The molecule has 1 aromatic carbocycles. The Morgan fingerprint density at radius 1 is 1.30 bits per heavy atom. The van der Waals surface area contributed by atoms with Crippen molar-refractivity contribution >= 4 is 27.4 Å². The number of carboxylic acids is 1. The van der Waals surface area contributed by atoms with Crippen molar-refractivity contribution in [2.75, 3.05) is 11.1 Å². The fourth-order valence-corrected chi connectivity index (χ4v) is 6.19. The average Bonchev–Trinajstić information content (AvgIpc) is 2.71. The van der Waals surface area contributed by atoms with E-state index in [9.17, 15) is 18.0 Å². The van der Waals surface area contributed by atoms with Crippen LogP contribution in [-0.2, 0) is 14.6 Å². The third-order valence-corrected chi connectivity index (χ3v) is 7.89. The largest absolute Gasteiger partial charge is 0.478 e. The first kappa shape index (κ1) is 16.0. The van der Waals surface area contributed by atoms with Gasteiger partial charge >= 0.3 is 5.97 Å². The molecular formula is C16H19NO5S. The number of anilines is 1. The summed E-state index contributed by atoms with van der Waals surface area (Å²) in [7, 11) is -3.22. The van der Waals surface area contributed by atoms with E-state index in [1.165, 1.54) is 6.07 Å². The van der Waals surface area contributed by atoms with E-state index >= 15 is 0 Å². The van der Waals surface area contributed by atoms with E-state index in [2.05, 4.69) is 5.32 Å². The summed E-state index contributed by atoms with van der Waals surface area (Å²) in [6.07, 6.45) is 2.26. The highest BCUT2D eigenvalue weighted by atomic mass is 32.2. The second-order valence-electron chi connectivity index (χ2n) is 6.40. The van der Waals surface area contributed by atoms with Crippen LogP contribution in [0.3, 0.4) is 0 Å². The summed E-state index contributed by atoms with van der Waals surface area (Å²) in [6.45, 7) is 1.68. The maximum Gasteiger partial charge on any atom is 0.336 e. The van der Waals surface area contributed by atoms with E-state index in [1.54, 1.807) is 19.1 Å². The number of carbonyl (C=O) groups excluding carboxylic acids is 1. The number of benzene rings is 1. The number of aromatic carboxylic acids is 1. The van der Waals surface area contributed by atoms with Gasteiger partial charge < -0.3 is 10.4 Å². The molecule has 2 aliphatic rings. The van der Waals surface area contributed by atoms with Crippen molar-refractivity contribution in [3.05, 3.63) is 29.3 Å². The number of hydrogen-bond acceptors (Lipinski definition) is 4. The number of hydrogen-bond donors (Lipinski definition) is 2. The van der Waals surface area contributed by atoms with E-state index in [1.807, 2.05) is 0 Å². The molecule has 1 atom stereocenters. The van der Waals surface area contributed by atoms with Crippen LogP contribution in [0.1, 0.15) is 41.6 Å². The Bertz CT molecular complexity index is 780. The second-order valence-corrected chi connectivity index (χ2v) is 8.85. The number of carbonyl (C=O) groups is 2. The minimum Gasteiger partial charge on any atom is -0.478 e. The molecule has 2 fully saturated rings. The Hall–Kier alpha value is -1.89. The van der Waals surface area contributed by atoms with Crippen LogP contribution in [-0.4, -0.2) is 35.9 Å². The summed E-state index contributed by atoms with van der Waals surface area (Å²) < 4.78 is 23.6. The topological polar surface area (TPSA) is 101 Å². The molecule has 7 heteroatoms. The van der Waals surface area contributed by atoms with Gasteiger partial charge in [-0.25, -0.2) is 13.2 Å². The van der Waals surface area contributed by atoms with Crippen LogP contribution >= 0.6 is 0 Å². The summed E-state index contributed by atoms with van der Waals surface area (Å²) in [5.41, 5.74) is 1.12. The van der Waals surface area contributed by atoms with Crippen LogP contribution in [0.15, 0.2) is 18.2 Å². The zero-order valence-corrected chi connectivity index (χ0v) is 13.6. The van der Waals surface area contributed by atoms with Crippen molar-refractivity contribution in [2.24, 2.45) is 5.92 Å². The standard InChI is InChI=1S/C16H19NO5S/c1-10-3-4-11(9-12(10)15(19)20)17-14(18)13-5-8-23(21,22)16(13)6-2-7-16/h3-4,9,13H,2,5-8H2,1H3,(H,17,18)(H,19,20). The molecule has 1 unspecified atom stereocenters.